The fourth-order valence-electron chi connectivity index (χ4n) is 2.37. The van der Waals surface area contributed by atoms with Gasteiger partial charge in [-0.1, -0.05) is 11.8 Å². The normalized spacial score (nSPS) is 26.1. The van der Waals surface area contributed by atoms with Gasteiger partial charge in [-0.15, -0.1) is 0 Å². The summed E-state index contributed by atoms with van der Waals surface area (Å²) in [5.74, 6) is 6.51. The van der Waals surface area contributed by atoms with Crippen LogP contribution >= 0.6 is 11.8 Å². The average molecular weight is 312 g/mol. The Labute approximate surface area is 127 Å². The van der Waals surface area contributed by atoms with Crippen molar-refractivity contribution in [2.45, 2.75) is 29.9 Å². The predicted molar refractivity (Wildman–Crippen MR) is 80.3 cm³/mol. The van der Waals surface area contributed by atoms with Crippen LogP contribution in [0.5, 0.6) is 0 Å². The Morgan fingerprint density at radius 2 is 2.05 bits per heavy atom. The standard InChI is InChI=1S/C12H20N6O2S/c1-8-9(2-5-20-8)21-12-15-10(17-13)14-11(16-12)18-3-6-19-7-4-18/h8-9H,2-7,13H2,1H3,(H,14,15,16,17). The summed E-state index contributed by atoms with van der Waals surface area (Å²) in [5.41, 5.74) is 2.52. The van der Waals surface area contributed by atoms with Crippen molar-refractivity contribution < 1.29 is 9.47 Å². The molecule has 0 aromatic carbocycles. The Kier molecular flexibility index (Phi) is 4.73. The van der Waals surface area contributed by atoms with E-state index in [9.17, 15) is 0 Å². The molecule has 1 aromatic rings. The number of hydrazine groups is 1. The lowest BCUT2D eigenvalue weighted by molar-refractivity contribution is 0.122. The number of ether oxygens (including phenoxy) is 2. The number of nitrogens with one attached hydrogen (secondary N) is 1. The van der Waals surface area contributed by atoms with Gasteiger partial charge in [0.05, 0.1) is 19.3 Å². The molecule has 0 aliphatic carbocycles. The molecule has 0 spiro atoms. The van der Waals surface area contributed by atoms with Gasteiger partial charge in [0.15, 0.2) is 5.16 Å². The van der Waals surface area contributed by atoms with Crippen LogP contribution in [0, 0.1) is 0 Å². The number of nitrogens with zero attached hydrogens (tertiary/aromatic N) is 4. The van der Waals surface area contributed by atoms with Crippen molar-refractivity contribution in [1.82, 2.24) is 15.0 Å². The molecule has 2 unspecified atom stereocenters. The van der Waals surface area contributed by atoms with Crippen LogP contribution in [0.25, 0.3) is 0 Å². The first-order valence-electron chi connectivity index (χ1n) is 7.10. The summed E-state index contributed by atoms with van der Waals surface area (Å²) in [6, 6.07) is 0. The van der Waals surface area contributed by atoms with Gasteiger partial charge in [-0.2, -0.15) is 15.0 Å². The summed E-state index contributed by atoms with van der Waals surface area (Å²) in [6.45, 7) is 5.81. The van der Waals surface area contributed by atoms with Crippen molar-refractivity contribution >= 4 is 23.7 Å². The molecule has 3 heterocycles. The van der Waals surface area contributed by atoms with Crippen LogP contribution in [-0.4, -0.2) is 59.2 Å². The Hall–Kier alpha value is -1.16. The maximum atomic E-state index is 5.58. The van der Waals surface area contributed by atoms with Crippen molar-refractivity contribution in [3.63, 3.8) is 0 Å². The first-order valence-corrected chi connectivity index (χ1v) is 7.98. The highest BCUT2D eigenvalue weighted by atomic mass is 32.2. The number of thioether (sulfide) groups is 1. The van der Waals surface area contributed by atoms with Gasteiger partial charge in [0.25, 0.3) is 0 Å². The first kappa shape index (κ1) is 14.8. The second kappa shape index (κ2) is 6.73. The molecule has 8 nitrogen and oxygen atoms in total. The molecule has 21 heavy (non-hydrogen) atoms. The summed E-state index contributed by atoms with van der Waals surface area (Å²) in [6.07, 6.45) is 1.23. The fourth-order valence-corrected chi connectivity index (χ4v) is 3.40. The van der Waals surface area contributed by atoms with E-state index in [1.807, 2.05) is 0 Å². The number of aromatic nitrogens is 3. The van der Waals surface area contributed by atoms with E-state index in [0.29, 0.717) is 35.5 Å². The van der Waals surface area contributed by atoms with Gasteiger partial charge in [-0.05, 0) is 13.3 Å². The summed E-state index contributed by atoms with van der Waals surface area (Å²) >= 11 is 1.63. The largest absolute Gasteiger partial charge is 0.378 e. The third-order valence-corrected chi connectivity index (χ3v) is 4.90. The third kappa shape index (κ3) is 3.54. The van der Waals surface area contributed by atoms with Crippen molar-refractivity contribution in [2.24, 2.45) is 5.84 Å². The Bertz CT molecular complexity index is 485. The van der Waals surface area contributed by atoms with Crippen molar-refractivity contribution in [1.29, 1.82) is 0 Å². The number of nitrogens with two attached hydrogens (primary N) is 1. The molecular formula is C12H20N6O2S. The molecule has 0 amide bonds. The van der Waals surface area contributed by atoms with Gasteiger partial charge >= 0.3 is 0 Å². The zero-order chi connectivity index (χ0) is 14.7. The van der Waals surface area contributed by atoms with Crippen LogP contribution in [0.3, 0.4) is 0 Å². The minimum absolute atomic E-state index is 0.216. The van der Waals surface area contributed by atoms with E-state index in [4.69, 9.17) is 15.3 Å². The van der Waals surface area contributed by atoms with Crippen LogP contribution < -0.4 is 16.2 Å². The van der Waals surface area contributed by atoms with Crippen LogP contribution in [0.2, 0.25) is 0 Å². The monoisotopic (exact) mass is 312 g/mol. The molecule has 0 radical (unpaired) electrons. The molecule has 2 aliphatic heterocycles. The van der Waals surface area contributed by atoms with Crippen molar-refractivity contribution in [3.8, 4) is 0 Å². The van der Waals surface area contributed by atoms with E-state index >= 15 is 0 Å². The van der Waals surface area contributed by atoms with E-state index in [0.717, 1.165) is 26.1 Å². The Balaban J connectivity index is 1.78. The highest BCUT2D eigenvalue weighted by Crippen LogP contribution is 2.31. The predicted octanol–water partition coefficient (Wildman–Crippen LogP) is 0.263. The molecule has 3 N–H and O–H groups in total. The molecule has 0 bridgehead atoms. The van der Waals surface area contributed by atoms with Crippen LogP contribution in [0.4, 0.5) is 11.9 Å². The second-order valence-electron chi connectivity index (χ2n) is 5.01. The molecular weight excluding hydrogens is 292 g/mol. The van der Waals surface area contributed by atoms with Crippen LogP contribution in [0.15, 0.2) is 5.16 Å². The van der Waals surface area contributed by atoms with Gasteiger partial charge in [-0.25, -0.2) is 5.84 Å². The van der Waals surface area contributed by atoms with E-state index < -0.39 is 0 Å². The number of nitrogen functional groups attached to an aromatic ring is 1. The molecule has 2 aliphatic rings. The molecule has 0 saturated carbocycles. The van der Waals surface area contributed by atoms with Crippen LogP contribution in [-0.2, 0) is 9.47 Å². The highest BCUT2D eigenvalue weighted by molar-refractivity contribution is 7.99. The second-order valence-corrected chi connectivity index (χ2v) is 6.21. The van der Waals surface area contributed by atoms with E-state index in [2.05, 4.69) is 32.2 Å². The minimum atomic E-state index is 0.216. The summed E-state index contributed by atoms with van der Waals surface area (Å²) < 4.78 is 10.9. The van der Waals surface area contributed by atoms with Gasteiger partial charge in [0.2, 0.25) is 11.9 Å². The van der Waals surface area contributed by atoms with Gasteiger partial charge in [0.1, 0.15) is 0 Å². The number of hydrogen-bond acceptors (Lipinski definition) is 9. The van der Waals surface area contributed by atoms with Crippen molar-refractivity contribution in [3.05, 3.63) is 0 Å². The zero-order valence-corrected chi connectivity index (χ0v) is 12.8. The maximum absolute atomic E-state index is 5.58. The van der Waals surface area contributed by atoms with Crippen LogP contribution in [0.1, 0.15) is 13.3 Å². The number of anilines is 2. The zero-order valence-electron chi connectivity index (χ0n) is 12.0. The van der Waals surface area contributed by atoms with E-state index in [1.165, 1.54) is 0 Å². The highest BCUT2D eigenvalue weighted by Gasteiger charge is 2.27. The maximum Gasteiger partial charge on any atom is 0.242 e. The average Bonchev–Trinajstić information content (AvgIpc) is 2.93. The molecule has 116 valence electrons. The quantitative estimate of drug-likeness (QED) is 0.599. The Morgan fingerprint density at radius 3 is 2.71 bits per heavy atom. The first-order chi connectivity index (χ1) is 10.3. The lowest BCUT2D eigenvalue weighted by Gasteiger charge is -2.27. The molecule has 3 rings (SSSR count). The van der Waals surface area contributed by atoms with Gasteiger partial charge in [0, 0.05) is 24.9 Å². The minimum Gasteiger partial charge on any atom is -0.378 e. The molecule has 2 atom stereocenters. The summed E-state index contributed by atoms with van der Waals surface area (Å²) in [4.78, 5) is 15.3. The Morgan fingerprint density at radius 1 is 1.24 bits per heavy atom. The van der Waals surface area contributed by atoms with Gasteiger partial charge < -0.3 is 14.4 Å². The summed E-state index contributed by atoms with van der Waals surface area (Å²) in [7, 11) is 0. The molecule has 2 saturated heterocycles. The molecule has 1 aromatic heterocycles. The SMILES string of the molecule is CC1OCCC1Sc1nc(NN)nc(N2CCOCC2)n1. The van der Waals surface area contributed by atoms with E-state index in [1.54, 1.807) is 11.8 Å². The number of morpholine rings is 1. The van der Waals surface area contributed by atoms with Gasteiger partial charge in [-0.3, -0.25) is 5.43 Å². The number of hydrogen-bond donors (Lipinski definition) is 2. The smallest absolute Gasteiger partial charge is 0.242 e. The lowest BCUT2D eigenvalue weighted by Crippen LogP contribution is -2.37. The fraction of sp³-hybridized carbons (Fsp3) is 0.750. The lowest BCUT2D eigenvalue weighted by atomic mass is 10.3. The van der Waals surface area contributed by atoms with E-state index in [-0.39, 0.29) is 6.10 Å². The third-order valence-electron chi connectivity index (χ3n) is 3.59. The summed E-state index contributed by atoms with van der Waals surface area (Å²) in [5, 5.41) is 1.05. The topological polar surface area (TPSA) is 98.4 Å². The molecule has 9 heteroatoms. The molecule has 2 fully saturated rings. The van der Waals surface area contributed by atoms with Crippen molar-refractivity contribution in [2.75, 3.05) is 43.2 Å². The number of rotatable bonds is 4.